The lowest BCUT2D eigenvalue weighted by Gasteiger charge is -2.09. The Kier molecular flexibility index (Phi) is 3.53. The van der Waals surface area contributed by atoms with Crippen molar-refractivity contribution in [3.63, 3.8) is 0 Å². The summed E-state index contributed by atoms with van der Waals surface area (Å²) in [5, 5.41) is 12.8. The third-order valence-corrected chi connectivity index (χ3v) is 3.79. The van der Waals surface area contributed by atoms with Gasteiger partial charge in [-0.1, -0.05) is 30.3 Å². The molecule has 0 unspecified atom stereocenters. The number of nitrogens with zero attached hydrogens (tertiary/aromatic N) is 2. The third-order valence-electron chi connectivity index (χ3n) is 2.97. The summed E-state index contributed by atoms with van der Waals surface area (Å²) in [6.07, 6.45) is 1.35. The summed E-state index contributed by atoms with van der Waals surface area (Å²) in [6, 6.07) is 14.2. The first-order chi connectivity index (χ1) is 10.1. The fourth-order valence-electron chi connectivity index (χ4n) is 1.97. The van der Waals surface area contributed by atoms with Gasteiger partial charge in [0, 0.05) is 12.3 Å². The van der Waals surface area contributed by atoms with E-state index in [1.54, 1.807) is 6.07 Å². The molecule has 2 aromatic carbocycles. The highest BCUT2D eigenvalue weighted by Gasteiger charge is 2.11. The minimum absolute atomic E-state index is 0.0584. The molecule has 0 N–H and O–H groups in total. The summed E-state index contributed by atoms with van der Waals surface area (Å²) in [5.74, 6) is 0.738. The van der Waals surface area contributed by atoms with E-state index in [1.165, 1.54) is 18.3 Å². The molecule has 0 radical (unpaired) electrons. The maximum Gasteiger partial charge on any atom is 0.276 e. The number of benzene rings is 2. The largest absolute Gasteiger partial charge is 0.438 e. The van der Waals surface area contributed by atoms with Crippen molar-refractivity contribution in [3.05, 3.63) is 69.3 Å². The summed E-state index contributed by atoms with van der Waals surface area (Å²) in [6.45, 7) is 0. The van der Waals surface area contributed by atoms with Gasteiger partial charge >= 0.3 is 0 Å². The van der Waals surface area contributed by atoms with Gasteiger partial charge in [-0.25, -0.2) is 4.98 Å². The van der Waals surface area contributed by atoms with E-state index in [1.807, 2.05) is 30.3 Å². The molecule has 0 spiro atoms. The van der Waals surface area contributed by atoms with E-state index in [0.717, 1.165) is 15.2 Å². The smallest absolute Gasteiger partial charge is 0.276 e. The Balaban J connectivity index is 2.00. The van der Waals surface area contributed by atoms with Gasteiger partial charge in [0.1, 0.15) is 5.75 Å². The molecule has 104 valence electrons. The standard InChI is InChI=1S/C15H9BrN2O3/c16-15-12-4-2-1-3-10(12)5-6-13(15)21-14-9-11(18(19)20)7-8-17-14/h1-9H. The number of hydrogen-bond acceptors (Lipinski definition) is 4. The molecule has 0 saturated carbocycles. The van der Waals surface area contributed by atoms with Gasteiger partial charge in [-0.3, -0.25) is 10.1 Å². The predicted molar refractivity (Wildman–Crippen MR) is 82.6 cm³/mol. The van der Waals surface area contributed by atoms with Crippen LogP contribution in [0.15, 0.2) is 59.2 Å². The second-order valence-electron chi connectivity index (χ2n) is 4.31. The van der Waals surface area contributed by atoms with Crippen LogP contribution >= 0.6 is 15.9 Å². The molecule has 1 aromatic heterocycles. The van der Waals surface area contributed by atoms with Crippen molar-refractivity contribution in [2.24, 2.45) is 0 Å². The fraction of sp³-hybridized carbons (Fsp3) is 0. The molecule has 0 fully saturated rings. The minimum atomic E-state index is -0.482. The molecule has 0 aliphatic carbocycles. The molecule has 5 nitrogen and oxygen atoms in total. The number of pyridine rings is 1. The minimum Gasteiger partial charge on any atom is -0.438 e. The van der Waals surface area contributed by atoms with Crippen molar-refractivity contribution < 1.29 is 9.66 Å². The summed E-state index contributed by atoms with van der Waals surface area (Å²) in [5.41, 5.74) is -0.0584. The molecule has 3 aromatic rings. The van der Waals surface area contributed by atoms with E-state index >= 15 is 0 Å². The summed E-state index contributed by atoms with van der Waals surface area (Å²) in [7, 11) is 0. The van der Waals surface area contributed by atoms with Crippen LogP contribution in [-0.4, -0.2) is 9.91 Å². The van der Waals surface area contributed by atoms with Crippen LogP contribution in [0.3, 0.4) is 0 Å². The van der Waals surface area contributed by atoms with Gasteiger partial charge in [-0.15, -0.1) is 0 Å². The van der Waals surface area contributed by atoms with Gasteiger partial charge in [0.2, 0.25) is 5.88 Å². The normalized spacial score (nSPS) is 10.5. The van der Waals surface area contributed by atoms with Crippen molar-refractivity contribution >= 4 is 32.4 Å². The van der Waals surface area contributed by atoms with Crippen molar-refractivity contribution in [1.29, 1.82) is 0 Å². The van der Waals surface area contributed by atoms with Crippen LogP contribution in [0.25, 0.3) is 10.8 Å². The SMILES string of the molecule is O=[N+]([O-])c1ccnc(Oc2ccc3ccccc3c2Br)c1. The zero-order valence-corrected chi connectivity index (χ0v) is 12.3. The van der Waals surface area contributed by atoms with Gasteiger partial charge in [-0.2, -0.15) is 0 Å². The average Bonchev–Trinajstić information content (AvgIpc) is 2.51. The van der Waals surface area contributed by atoms with Crippen LogP contribution in [0.2, 0.25) is 0 Å². The van der Waals surface area contributed by atoms with E-state index in [4.69, 9.17) is 4.74 Å². The molecule has 0 bridgehead atoms. The molecule has 0 aliphatic rings. The number of fused-ring (bicyclic) bond motifs is 1. The Labute approximate surface area is 128 Å². The molecule has 21 heavy (non-hydrogen) atoms. The highest BCUT2D eigenvalue weighted by Crippen LogP contribution is 2.35. The first kappa shape index (κ1) is 13.5. The topological polar surface area (TPSA) is 65.3 Å². The molecule has 6 heteroatoms. The number of aromatic nitrogens is 1. The number of ether oxygens (including phenoxy) is 1. The predicted octanol–water partition coefficient (Wildman–Crippen LogP) is 4.70. The van der Waals surface area contributed by atoms with Gasteiger partial charge in [0.05, 0.1) is 15.5 Å². The first-order valence-corrected chi connectivity index (χ1v) is 6.90. The number of nitro groups is 1. The fourth-order valence-corrected chi connectivity index (χ4v) is 2.55. The van der Waals surface area contributed by atoms with Crippen molar-refractivity contribution in [1.82, 2.24) is 4.98 Å². The summed E-state index contributed by atoms with van der Waals surface area (Å²) >= 11 is 3.50. The molecule has 1 heterocycles. The maximum atomic E-state index is 10.8. The second-order valence-corrected chi connectivity index (χ2v) is 5.10. The van der Waals surface area contributed by atoms with Gasteiger partial charge in [0.25, 0.3) is 5.69 Å². The Morgan fingerprint density at radius 3 is 2.76 bits per heavy atom. The first-order valence-electron chi connectivity index (χ1n) is 6.11. The number of hydrogen-bond donors (Lipinski definition) is 0. The van der Waals surface area contributed by atoms with Gasteiger partial charge in [0.15, 0.2) is 0 Å². The van der Waals surface area contributed by atoms with E-state index in [-0.39, 0.29) is 11.6 Å². The highest BCUT2D eigenvalue weighted by atomic mass is 79.9. The Bertz CT molecular complexity index is 836. The molecular formula is C15H9BrN2O3. The van der Waals surface area contributed by atoms with Crippen LogP contribution in [-0.2, 0) is 0 Å². The van der Waals surface area contributed by atoms with Crippen LogP contribution in [0, 0.1) is 10.1 Å². The van der Waals surface area contributed by atoms with E-state index in [2.05, 4.69) is 20.9 Å². The van der Waals surface area contributed by atoms with Crippen LogP contribution in [0.5, 0.6) is 11.6 Å². The summed E-state index contributed by atoms with van der Waals surface area (Å²) in [4.78, 5) is 14.3. The monoisotopic (exact) mass is 344 g/mol. The number of halogens is 1. The molecule has 0 atom stereocenters. The lowest BCUT2D eigenvalue weighted by Crippen LogP contribution is -1.92. The van der Waals surface area contributed by atoms with Crippen molar-refractivity contribution in [2.75, 3.05) is 0 Å². The Morgan fingerprint density at radius 1 is 1.14 bits per heavy atom. The zero-order valence-electron chi connectivity index (χ0n) is 10.7. The van der Waals surface area contributed by atoms with Crippen LogP contribution in [0.1, 0.15) is 0 Å². The van der Waals surface area contributed by atoms with Crippen LogP contribution in [0.4, 0.5) is 5.69 Å². The molecule has 0 aliphatic heterocycles. The van der Waals surface area contributed by atoms with Crippen LogP contribution < -0.4 is 4.74 Å². The second kappa shape index (κ2) is 5.49. The lowest BCUT2D eigenvalue weighted by atomic mass is 10.1. The lowest BCUT2D eigenvalue weighted by molar-refractivity contribution is -0.385. The van der Waals surface area contributed by atoms with Gasteiger partial charge in [-0.05, 0) is 32.8 Å². The Hall–Kier alpha value is -2.47. The van der Waals surface area contributed by atoms with E-state index in [0.29, 0.717) is 5.75 Å². The van der Waals surface area contributed by atoms with Gasteiger partial charge < -0.3 is 4.74 Å². The average molecular weight is 345 g/mol. The molecule has 0 saturated heterocycles. The quantitative estimate of drug-likeness (QED) is 0.510. The van der Waals surface area contributed by atoms with E-state index in [9.17, 15) is 10.1 Å². The molecule has 3 rings (SSSR count). The maximum absolute atomic E-state index is 10.8. The third kappa shape index (κ3) is 2.71. The van der Waals surface area contributed by atoms with Crippen molar-refractivity contribution in [3.8, 4) is 11.6 Å². The molecular weight excluding hydrogens is 336 g/mol. The van der Waals surface area contributed by atoms with Crippen molar-refractivity contribution in [2.45, 2.75) is 0 Å². The molecule has 0 amide bonds. The van der Waals surface area contributed by atoms with E-state index < -0.39 is 4.92 Å². The zero-order chi connectivity index (χ0) is 14.8. The highest BCUT2D eigenvalue weighted by molar-refractivity contribution is 9.10. The summed E-state index contributed by atoms with van der Waals surface area (Å²) < 4.78 is 6.43. The Morgan fingerprint density at radius 2 is 1.95 bits per heavy atom. The number of rotatable bonds is 3.